The fourth-order valence-electron chi connectivity index (χ4n) is 5.68. The Balaban J connectivity index is 1.48. The van der Waals surface area contributed by atoms with Gasteiger partial charge in [-0.1, -0.05) is 137 Å². The van der Waals surface area contributed by atoms with E-state index in [0.29, 0.717) is 26.2 Å². The average molecular weight is 662 g/mol. The minimum atomic E-state index is -1.26. The van der Waals surface area contributed by atoms with Crippen LogP contribution in [0.2, 0.25) is 0 Å². The number of rotatable bonds is 16. The Morgan fingerprint density at radius 3 is 1.57 bits per heavy atom. The third-order valence-corrected chi connectivity index (χ3v) is 8.42. The summed E-state index contributed by atoms with van der Waals surface area (Å²) < 4.78 is 32.8. The van der Waals surface area contributed by atoms with Crippen LogP contribution in [-0.2, 0) is 50.1 Å². The maximum atomic E-state index is 11.6. The van der Waals surface area contributed by atoms with Gasteiger partial charge in [0.15, 0.2) is 6.29 Å². The number of aliphatic hydroxyl groups is 1. The Hall–Kier alpha value is -2.88. The van der Waals surface area contributed by atoms with Crippen molar-refractivity contribution in [2.75, 3.05) is 11.9 Å². The molecule has 0 radical (unpaired) electrons. The lowest BCUT2D eigenvalue weighted by Gasteiger charge is -2.53. The van der Waals surface area contributed by atoms with Crippen LogP contribution in [0.15, 0.2) is 121 Å². The topological polar surface area (TPSA) is 66.4 Å². The summed E-state index contributed by atoms with van der Waals surface area (Å²) >= 11 is 3.63. The maximum absolute atomic E-state index is 11.6. The molecule has 0 spiro atoms. The fraction of sp³-hybridized carbons (Fsp3) is 0.351. The fourth-order valence-corrected chi connectivity index (χ4v) is 5.96. The Bertz CT molecular complexity index is 1340. The molecule has 1 aliphatic heterocycles. The Morgan fingerprint density at radius 2 is 1.07 bits per heavy atom. The summed E-state index contributed by atoms with van der Waals surface area (Å²) in [6.07, 6.45) is -1.96. The Morgan fingerprint density at radius 1 is 0.614 bits per heavy atom. The van der Waals surface area contributed by atoms with Crippen LogP contribution in [-0.4, -0.2) is 47.2 Å². The highest BCUT2D eigenvalue weighted by Gasteiger charge is 2.58. The van der Waals surface area contributed by atoms with Gasteiger partial charge < -0.3 is 28.8 Å². The van der Waals surface area contributed by atoms with Gasteiger partial charge in [0.05, 0.1) is 33.0 Å². The molecule has 5 atom stereocenters. The summed E-state index contributed by atoms with van der Waals surface area (Å²) in [6, 6.07) is 40.0. The van der Waals surface area contributed by atoms with Gasteiger partial charge in [-0.2, -0.15) is 0 Å². The van der Waals surface area contributed by atoms with Gasteiger partial charge in [-0.3, -0.25) is 0 Å². The van der Waals surface area contributed by atoms with Gasteiger partial charge in [0.25, 0.3) is 0 Å². The van der Waals surface area contributed by atoms with Crippen LogP contribution in [0.5, 0.6) is 0 Å². The molecule has 0 amide bonds. The van der Waals surface area contributed by atoms with Gasteiger partial charge >= 0.3 is 0 Å². The van der Waals surface area contributed by atoms with Gasteiger partial charge in [0.2, 0.25) is 0 Å². The highest BCUT2D eigenvalue weighted by Crippen LogP contribution is 2.41. The second-order valence-corrected chi connectivity index (χ2v) is 11.8. The Kier molecular flexibility index (Phi) is 12.6. The van der Waals surface area contributed by atoms with Crippen molar-refractivity contribution in [1.29, 1.82) is 0 Å². The summed E-state index contributed by atoms with van der Waals surface area (Å²) in [5, 5.41) is 12.4. The van der Waals surface area contributed by atoms with Gasteiger partial charge in [-0.15, -0.1) is 0 Å². The number of benzene rings is 4. The number of ether oxygens (including phenoxy) is 5. The molecule has 1 fully saturated rings. The van der Waals surface area contributed by atoms with Crippen molar-refractivity contribution in [1.82, 2.24) is 0 Å². The lowest BCUT2D eigenvalue weighted by Crippen LogP contribution is -2.69. The molecule has 0 bridgehead atoms. The van der Waals surface area contributed by atoms with Crippen LogP contribution in [0.25, 0.3) is 0 Å². The zero-order valence-electron chi connectivity index (χ0n) is 24.9. The van der Waals surface area contributed by atoms with E-state index in [9.17, 15) is 5.11 Å². The van der Waals surface area contributed by atoms with Crippen LogP contribution >= 0.6 is 15.9 Å². The molecule has 5 rings (SSSR count). The molecular weight excluding hydrogens is 620 g/mol. The van der Waals surface area contributed by atoms with Gasteiger partial charge in [-0.25, -0.2) is 0 Å². The summed E-state index contributed by atoms with van der Waals surface area (Å²) in [7, 11) is 0. The molecule has 44 heavy (non-hydrogen) atoms. The SMILES string of the molecule is OC1O[C@H](COCc2ccccc2)[C@@H](OCc2ccccc2)[C@](CCCBr)(OCc2ccccc2)[C@@H]1OCc1ccccc1. The summed E-state index contributed by atoms with van der Waals surface area (Å²) in [6.45, 7) is 1.58. The van der Waals surface area contributed by atoms with Crippen molar-refractivity contribution < 1.29 is 28.8 Å². The molecule has 4 aromatic carbocycles. The van der Waals surface area contributed by atoms with Gasteiger partial charge in [-0.05, 0) is 35.1 Å². The smallest absolute Gasteiger partial charge is 0.184 e. The van der Waals surface area contributed by atoms with Crippen molar-refractivity contribution in [2.24, 2.45) is 0 Å². The first-order valence-electron chi connectivity index (χ1n) is 15.2. The lowest BCUT2D eigenvalue weighted by atomic mass is 9.79. The first-order valence-corrected chi connectivity index (χ1v) is 16.3. The molecule has 1 heterocycles. The van der Waals surface area contributed by atoms with Gasteiger partial charge in [0.1, 0.15) is 23.9 Å². The molecule has 1 aliphatic rings. The molecule has 0 aromatic heterocycles. The largest absolute Gasteiger partial charge is 0.374 e. The first-order chi connectivity index (χ1) is 21.7. The monoisotopic (exact) mass is 660 g/mol. The minimum absolute atomic E-state index is 0.210. The third kappa shape index (κ3) is 8.86. The normalized spacial score (nSPS) is 23.4. The molecule has 1 saturated heterocycles. The number of hydrogen-bond acceptors (Lipinski definition) is 6. The highest BCUT2D eigenvalue weighted by atomic mass is 79.9. The van der Waals surface area contributed by atoms with E-state index in [4.69, 9.17) is 23.7 Å². The minimum Gasteiger partial charge on any atom is -0.374 e. The summed E-state index contributed by atoms with van der Waals surface area (Å²) in [4.78, 5) is 0. The van der Waals surface area contributed by atoms with E-state index < -0.39 is 30.2 Å². The predicted molar refractivity (Wildman–Crippen MR) is 174 cm³/mol. The highest BCUT2D eigenvalue weighted by molar-refractivity contribution is 9.09. The van der Waals surface area contributed by atoms with Crippen LogP contribution in [0, 0.1) is 0 Å². The van der Waals surface area contributed by atoms with E-state index in [-0.39, 0.29) is 13.2 Å². The van der Waals surface area contributed by atoms with Crippen molar-refractivity contribution in [3.05, 3.63) is 144 Å². The quantitative estimate of drug-likeness (QED) is 0.128. The number of hydrogen-bond donors (Lipinski definition) is 1. The van der Waals surface area contributed by atoms with E-state index >= 15 is 0 Å². The lowest BCUT2D eigenvalue weighted by molar-refractivity contribution is -0.354. The van der Waals surface area contributed by atoms with Crippen LogP contribution < -0.4 is 0 Å². The van der Waals surface area contributed by atoms with Crippen molar-refractivity contribution in [2.45, 2.75) is 69.5 Å². The van der Waals surface area contributed by atoms with E-state index in [1.807, 2.05) is 121 Å². The van der Waals surface area contributed by atoms with Crippen molar-refractivity contribution in [3.8, 4) is 0 Å². The van der Waals surface area contributed by atoms with E-state index in [2.05, 4.69) is 15.9 Å². The molecule has 4 aromatic rings. The number of alkyl halides is 1. The first kappa shape index (κ1) is 32.5. The summed E-state index contributed by atoms with van der Waals surface area (Å²) in [5.74, 6) is 0. The van der Waals surface area contributed by atoms with Crippen molar-refractivity contribution >= 4 is 15.9 Å². The maximum Gasteiger partial charge on any atom is 0.184 e. The summed E-state index contributed by atoms with van der Waals surface area (Å²) in [5.41, 5.74) is 3.05. The second kappa shape index (κ2) is 17.0. The van der Waals surface area contributed by atoms with Crippen LogP contribution in [0.1, 0.15) is 35.1 Å². The third-order valence-electron chi connectivity index (χ3n) is 7.86. The molecule has 7 heteroatoms. The molecular formula is C37H41BrO6. The molecule has 6 nitrogen and oxygen atoms in total. The predicted octanol–water partition coefficient (Wildman–Crippen LogP) is 7.22. The van der Waals surface area contributed by atoms with E-state index in [1.165, 1.54) is 0 Å². The van der Waals surface area contributed by atoms with Crippen LogP contribution in [0.3, 0.4) is 0 Å². The van der Waals surface area contributed by atoms with E-state index in [0.717, 1.165) is 34.0 Å². The zero-order chi connectivity index (χ0) is 30.5. The zero-order valence-corrected chi connectivity index (χ0v) is 26.5. The number of aliphatic hydroxyl groups excluding tert-OH is 1. The molecule has 0 aliphatic carbocycles. The molecule has 1 unspecified atom stereocenters. The molecule has 1 N–H and O–H groups in total. The molecule has 0 saturated carbocycles. The standard InChI is InChI=1S/C37H41BrO6/c38-23-13-22-37(43-27-32-20-11-4-12-21-32)34(41-25-30-16-7-2-8-17-30)33(28-40-24-29-14-5-1-6-15-29)44-36(39)35(37)42-26-31-18-9-3-10-19-31/h1-12,14-21,33-36,39H,13,22-28H2/t33-,34-,35-,36?,37+/m1/s1. The second-order valence-electron chi connectivity index (χ2n) is 11.0. The number of halogens is 1. The van der Waals surface area contributed by atoms with E-state index in [1.54, 1.807) is 0 Å². The van der Waals surface area contributed by atoms with Crippen molar-refractivity contribution in [3.63, 3.8) is 0 Å². The van der Waals surface area contributed by atoms with Gasteiger partial charge in [0, 0.05) is 5.33 Å². The van der Waals surface area contributed by atoms with Crippen LogP contribution in [0.4, 0.5) is 0 Å². The molecule has 232 valence electrons. The Labute approximate surface area is 269 Å². The average Bonchev–Trinajstić information content (AvgIpc) is 3.07.